The van der Waals surface area contributed by atoms with Gasteiger partial charge in [0.2, 0.25) is 0 Å². The monoisotopic (exact) mass is 334 g/mol. The van der Waals surface area contributed by atoms with Crippen molar-refractivity contribution < 1.29 is 14.3 Å². The first kappa shape index (κ1) is 16.5. The molecular weight excluding hydrogens is 316 g/mol. The minimum absolute atomic E-state index is 0.0650. The van der Waals surface area contributed by atoms with Gasteiger partial charge in [0, 0.05) is 5.56 Å². The normalized spacial score (nSPS) is 15.4. The largest absolute Gasteiger partial charge is 0.489 e. The Morgan fingerprint density at radius 1 is 1.12 bits per heavy atom. The Morgan fingerprint density at radius 2 is 1.84 bits per heavy atom. The van der Waals surface area contributed by atoms with Gasteiger partial charge in [-0.15, -0.1) is 0 Å². The lowest BCUT2D eigenvalue weighted by molar-refractivity contribution is -0.117. The van der Waals surface area contributed by atoms with Crippen molar-refractivity contribution in [3.8, 4) is 5.75 Å². The van der Waals surface area contributed by atoms with Crippen molar-refractivity contribution in [3.63, 3.8) is 0 Å². The van der Waals surface area contributed by atoms with E-state index in [0.29, 0.717) is 23.6 Å². The van der Waals surface area contributed by atoms with Crippen LogP contribution in [0.15, 0.2) is 66.8 Å². The van der Waals surface area contributed by atoms with E-state index in [1.807, 2.05) is 31.2 Å². The first-order chi connectivity index (χ1) is 12.1. The number of hydrazine groups is 1. The van der Waals surface area contributed by atoms with Gasteiger partial charge in [-0.05, 0) is 31.2 Å². The van der Waals surface area contributed by atoms with Gasteiger partial charge < -0.3 is 4.74 Å². The zero-order valence-electron chi connectivity index (χ0n) is 13.9. The predicted molar refractivity (Wildman–Crippen MR) is 96.9 cm³/mol. The summed E-state index contributed by atoms with van der Waals surface area (Å²) in [6, 6.07) is 14.6. The summed E-state index contributed by atoms with van der Waals surface area (Å²) >= 11 is 0. The maximum atomic E-state index is 12.6. The van der Waals surface area contributed by atoms with Crippen molar-refractivity contribution in [2.45, 2.75) is 6.92 Å². The van der Waals surface area contributed by atoms with E-state index in [9.17, 15) is 9.59 Å². The van der Waals surface area contributed by atoms with Gasteiger partial charge in [-0.25, -0.2) is 5.01 Å². The van der Waals surface area contributed by atoms with Gasteiger partial charge in [0.15, 0.2) is 0 Å². The molecule has 1 aliphatic rings. The lowest BCUT2D eigenvalue weighted by Crippen LogP contribution is -2.35. The Morgan fingerprint density at radius 3 is 2.56 bits per heavy atom. The fourth-order valence-electron chi connectivity index (χ4n) is 2.47. The van der Waals surface area contributed by atoms with Crippen molar-refractivity contribution in [2.75, 3.05) is 11.6 Å². The fourth-order valence-corrected chi connectivity index (χ4v) is 2.47. The topological polar surface area (TPSA) is 58.6 Å². The van der Waals surface area contributed by atoms with Crippen LogP contribution in [0, 0.1) is 6.92 Å². The second-order valence-corrected chi connectivity index (χ2v) is 5.61. The molecule has 25 heavy (non-hydrogen) atoms. The van der Waals surface area contributed by atoms with Gasteiger partial charge >= 0.3 is 0 Å². The van der Waals surface area contributed by atoms with E-state index in [0.717, 1.165) is 5.56 Å². The molecule has 1 N–H and O–H groups in total. The van der Waals surface area contributed by atoms with Crippen LogP contribution in [0.1, 0.15) is 11.1 Å². The van der Waals surface area contributed by atoms with Gasteiger partial charge in [-0.2, -0.15) is 0 Å². The molecular formula is C20H18N2O3. The van der Waals surface area contributed by atoms with Crippen LogP contribution in [0.5, 0.6) is 5.75 Å². The van der Waals surface area contributed by atoms with Crippen LogP contribution in [0.4, 0.5) is 5.69 Å². The molecule has 1 heterocycles. The molecule has 2 aromatic carbocycles. The SMILES string of the molecule is C=CCOc1ccccc1/C=C1/C(=O)NN(c2ccc(C)cc2)C1=O. The molecule has 0 spiro atoms. The minimum Gasteiger partial charge on any atom is -0.489 e. The maximum Gasteiger partial charge on any atom is 0.282 e. The number of hydrogen-bond donors (Lipinski definition) is 1. The number of carbonyl (C=O) groups is 2. The van der Waals surface area contributed by atoms with E-state index in [-0.39, 0.29) is 5.57 Å². The highest BCUT2D eigenvalue weighted by atomic mass is 16.5. The lowest BCUT2D eigenvalue weighted by atomic mass is 10.1. The number of aryl methyl sites for hydroxylation is 1. The number of amides is 2. The summed E-state index contributed by atoms with van der Waals surface area (Å²) in [5.41, 5.74) is 5.01. The second-order valence-electron chi connectivity index (χ2n) is 5.61. The number of benzene rings is 2. The molecule has 3 rings (SSSR count). The summed E-state index contributed by atoms with van der Waals surface area (Å²) in [6.07, 6.45) is 3.18. The first-order valence-electron chi connectivity index (χ1n) is 7.86. The Balaban J connectivity index is 1.91. The van der Waals surface area contributed by atoms with Gasteiger partial charge in [0.05, 0.1) is 5.69 Å². The van der Waals surface area contributed by atoms with Crippen molar-refractivity contribution in [1.82, 2.24) is 5.43 Å². The van der Waals surface area contributed by atoms with Gasteiger partial charge in [-0.1, -0.05) is 48.6 Å². The standard InChI is InChI=1S/C20H18N2O3/c1-3-12-25-18-7-5-4-6-15(18)13-17-19(23)21-22(20(17)24)16-10-8-14(2)9-11-16/h3-11,13H,1,12H2,2H3,(H,21,23)/b17-13-. The first-order valence-corrected chi connectivity index (χ1v) is 7.86. The highest BCUT2D eigenvalue weighted by molar-refractivity contribution is 6.31. The molecule has 0 saturated carbocycles. The summed E-state index contributed by atoms with van der Waals surface area (Å²) in [5.74, 6) is -0.249. The smallest absolute Gasteiger partial charge is 0.282 e. The predicted octanol–water partition coefficient (Wildman–Crippen LogP) is 3.02. The quantitative estimate of drug-likeness (QED) is 0.519. The van der Waals surface area contributed by atoms with Crippen molar-refractivity contribution >= 4 is 23.6 Å². The van der Waals surface area contributed by atoms with Crippen LogP contribution in [-0.2, 0) is 9.59 Å². The van der Waals surface area contributed by atoms with E-state index in [1.54, 1.807) is 36.4 Å². The molecule has 1 saturated heterocycles. The van der Waals surface area contributed by atoms with E-state index < -0.39 is 11.8 Å². The Hall–Kier alpha value is -3.34. The molecule has 0 atom stereocenters. The Labute approximate surface area is 146 Å². The number of nitrogens with one attached hydrogen (secondary N) is 1. The molecule has 1 aliphatic heterocycles. The van der Waals surface area contributed by atoms with Gasteiger partial charge in [0.25, 0.3) is 11.8 Å². The Bertz CT molecular complexity index is 853. The molecule has 0 unspecified atom stereocenters. The minimum atomic E-state index is -0.441. The number of ether oxygens (including phenoxy) is 1. The third-order valence-electron chi connectivity index (χ3n) is 3.76. The fraction of sp³-hybridized carbons (Fsp3) is 0.100. The molecule has 0 aliphatic carbocycles. The van der Waals surface area contributed by atoms with Crippen molar-refractivity contribution in [2.24, 2.45) is 0 Å². The van der Waals surface area contributed by atoms with E-state index in [1.165, 1.54) is 5.01 Å². The summed E-state index contributed by atoms with van der Waals surface area (Å²) in [7, 11) is 0. The van der Waals surface area contributed by atoms with Gasteiger partial charge in [-0.3, -0.25) is 15.0 Å². The molecule has 0 aromatic heterocycles. The van der Waals surface area contributed by atoms with Crippen molar-refractivity contribution in [1.29, 1.82) is 0 Å². The van der Waals surface area contributed by atoms with Crippen LogP contribution in [0.25, 0.3) is 6.08 Å². The van der Waals surface area contributed by atoms with E-state index in [4.69, 9.17) is 4.74 Å². The molecule has 0 bridgehead atoms. The van der Waals surface area contributed by atoms with Crippen molar-refractivity contribution in [3.05, 3.63) is 77.9 Å². The molecule has 1 fully saturated rings. The molecule has 126 valence electrons. The number of nitrogens with zero attached hydrogens (tertiary/aromatic N) is 1. The van der Waals surface area contributed by atoms with Crippen LogP contribution in [0.3, 0.4) is 0 Å². The molecule has 0 radical (unpaired) electrons. The maximum absolute atomic E-state index is 12.6. The molecule has 5 nitrogen and oxygen atoms in total. The number of rotatable bonds is 5. The van der Waals surface area contributed by atoms with Crippen LogP contribution >= 0.6 is 0 Å². The molecule has 2 amide bonds. The zero-order chi connectivity index (χ0) is 17.8. The Kier molecular flexibility index (Phi) is 4.66. The third-order valence-corrected chi connectivity index (χ3v) is 3.76. The van der Waals surface area contributed by atoms with Gasteiger partial charge in [0.1, 0.15) is 17.9 Å². The summed E-state index contributed by atoms with van der Waals surface area (Å²) < 4.78 is 5.57. The third kappa shape index (κ3) is 3.45. The summed E-state index contributed by atoms with van der Waals surface area (Å²) in [6.45, 7) is 5.92. The van der Waals surface area contributed by atoms with Crippen LogP contribution in [0.2, 0.25) is 0 Å². The number of anilines is 1. The zero-order valence-corrected chi connectivity index (χ0v) is 13.9. The lowest BCUT2D eigenvalue weighted by Gasteiger charge is -2.14. The summed E-state index contributed by atoms with van der Waals surface area (Å²) in [5, 5.41) is 1.25. The second kappa shape index (κ2) is 7.05. The highest BCUT2D eigenvalue weighted by Crippen LogP contribution is 2.25. The number of para-hydroxylation sites is 1. The van der Waals surface area contributed by atoms with E-state index >= 15 is 0 Å². The number of hydrogen-bond acceptors (Lipinski definition) is 3. The average Bonchev–Trinajstić information content (AvgIpc) is 2.90. The van der Waals surface area contributed by atoms with Crippen LogP contribution in [-0.4, -0.2) is 18.4 Å². The van der Waals surface area contributed by atoms with Crippen LogP contribution < -0.4 is 15.2 Å². The number of carbonyl (C=O) groups excluding carboxylic acids is 2. The molecule has 5 heteroatoms. The summed E-state index contributed by atoms with van der Waals surface area (Å²) in [4.78, 5) is 24.9. The highest BCUT2D eigenvalue weighted by Gasteiger charge is 2.34. The average molecular weight is 334 g/mol. The van der Waals surface area contributed by atoms with E-state index in [2.05, 4.69) is 12.0 Å². The molecule has 2 aromatic rings.